The summed E-state index contributed by atoms with van der Waals surface area (Å²) in [6, 6.07) is 16.2. The van der Waals surface area contributed by atoms with Crippen LogP contribution in [0, 0.1) is 0 Å². The molecule has 7 nitrogen and oxygen atoms in total. The van der Waals surface area contributed by atoms with Crippen LogP contribution in [-0.4, -0.2) is 33.3 Å². The van der Waals surface area contributed by atoms with Gasteiger partial charge >= 0.3 is 5.97 Å². The number of esters is 1. The summed E-state index contributed by atoms with van der Waals surface area (Å²) in [4.78, 5) is 43.3. The first-order valence-corrected chi connectivity index (χ1v) is 13.2. The number of nitrogens with zero attached hydrogens (tertiary/aromatic N) is 2. The molecular formula is C27H25N3O4S2. The van der Waals surface area contributed by atoms with Crippen LogP contribution in [0.3, 0.4) is 0 Å². The molecule has 2 heterocycles. The van der Waals surface area contributed by atoms with Gasteiger partial charge in [-0.25, -0.2) is 9.78 Å². The van der Waals surface area contributed by atoms with E-state index in [0.717, 1.165) is 11.1 Å². The second kappa shape index (κ2) is 11.4. The number of carbonyl (C=O) groups excluding carboxylic acids is 2. The molecule has 0 atom stereocenters. The predicted molar refractivity (Wildman–Crippen MR) is 146 cm³/mol. The molecule has 0 saturated carbocycles. The Morgan fingerprint density at radius 1 is 1.17 bits per heavy atom. The number of anilines is 1. The summed E-state index contributed by atoms with van der Waals surface area (Å²) in [5.74, 6) is -0.611. The summed E-state index contributed by atoms with van der Waals surface area (Å²) >= 11 is 2.59. The summed E-state index contributed by atoms with van der Waals surface area (Å²) in [6.07, 6.45) is 1.43. The minimum atomic E-state index is -0.413. The number of fused-ring (bicyclic) bond motifs is 1. The average molecular weight is 520 g/mol. The van der Waals surface area contributed by atoms with Crippen molar-refractivity contribution >= 4 is 50.9 Å². The minimum Gasteiger partial charge on any atom is -0.459 e. The lowest BCUT2D eigenvalue weighted by Gasteiger charge is -2.11. The van der Waals surface area contributed by atoms with Crippen LogP contribution in [0.5, 0.6) is 0 Å². The molecule has 4 rings (SSSR count). The normalized spacial score (nSPS) is 11.0. The van der Waals surface area contributed by atoms with E-state index in [-0.39, 0.29) is 29.9 Å². The number of hydrogen-bond acceptors (Lipinski definition) is 7. The predicted octanol–water partition coefficient (Wildman–Crippen LogP) is 5.61. The molecule has 0 aliphatic heterocycles. The van der Waals surface area contributed by atoms with Crippen molar-refractivity contribution in [1.82, 2.24) is 9.55 Å². The van der Waals surface area contributed by atoms with Crippen LogP contribution in [0.25, 0.3) is 21.3 Å². The maximum absolute atomic E-state index is 13.4. The molecule has 184 valence electrons. The molecule has 0 spiro atoms. The smallest absolute Gasteiger partial charge is 0.338 e. The Bertz CT molecular complexity index is 1460. The van der Waals surface area contributed by atoms with Gasteiger partial charge in [-0.2, -0.15) is 0 Å². The number of benzene rings is 2. The Labute approximate surface area is 216 Å². The van der Waals surface area contributed by atoms with Gasteiger partial charge in [0, 0.05) is 23.2 Å². The second-order valence-electron chi connectivity index (χ2n) is 8.16. The van der Waals surface area contributed by atoms with Gasteiger partial charge in [0.15, 0.2) is 5.16 Å². The van der Waals surface area contributed by atoms with Crippen molar-refractivity contribution in [2.24, 2.45) is 0 Å². The summed E-state index contributed by atoms with van der Waals surface area (Å²) < 4.78 is 6.72. The number of nitrogens with one attached hydrogen (secondary N) is 1. The fourth-order valence-electron chi connectivity index (χ4n) is 3.54. The largest absolute Gasteiger partial charge is 0.459 e. The van der Waals surface area contributed by atoms with E-state index in [2.05, 4.69) is 11.9 Å². The van der Waals surface area contributed by atoms with E-state index in [4.69, 9.17) is 9.72 Å². The third kappa shape index (κ3) is 5.75. The van der Waals surface area contributed by atoms with Crippen molar-refractivity contribution in [2.75, 3.05) is 11.1 Å². The van der Waals surface area contributed by atoms with Gasteiger partial charge in [-0.3, -0.25) is 14.2 Å². The highest BCUT2D eigenvalue weighted by molar-refractivity contribution is 7.99. The van der Waals surface area contributed by atoms with Crippen LogP contribution in [-0.2, 0) is 16.1 Å². The maximum Gasteiger partial charge on any atom is 0.338 e. The topological polar surface area (TPSA) is 90.3 Å². The van der Waals surface area contributed by atoms with Crippen LogP contribution in [0.1, 0.15) is 24.2 Å². The van der Waals surface area contributed by atoms with Gasteiger partial charge in [0.2, 0.25) is 5.91 Å². The highest BCUT2D eigenvalue weighted by Crippen LogP contribution is 2.32. The molecular weight excluding hydrogens is 494 g/mol. The van der Waals surface area contributed by atoms with Crippen LogP contribution in [0.4, 0.5) is 5.69 Å². The number of rotatable bonds is 9. The molecule has 2 aromatic heterocycles. The quantitative estimate of drug-likeness (QED) is 0.134. The molecule has 0 aliphatic carbocycles. The molecule has 0 saturated heterocycles. The Morgan fingerprint density at radius 3 is 2.56 bits per heavy atom. The molecule has 0 fully saturated rings. The lowest BCUT2D eigenvalue weighted by Crippen LogP contribution is -2.23. The monoisotopic (exact) mass is 519 g/mol. The van der Waals surface area contributed by atoms with E-state index >= 15 is 0 Å². The van der Waals surface area contributed by atoms with Crippen molar-refractivity contribution in [2.45, 2.75) is 31.7 Å². The van der Waals surface area contributed by atoms with Gasteiger partial charge in [0.05, 0.1) is 22.8 Å². The Balaban J connectivity index is 1.50. The van der Waals surface area contributed by atoms with E-state index in [1.54, 1.807) is 48.8 Å². The molecule has 1 N–H and O–H groups in total. The number of aromatic nitrogens is 2. The highest BCUT2D eigenvalue weighted by atomic mass is 32.2. The minimum absolute atomic E-state index is 0.0587. The first kappa shape index (κ1) is 25.4. The number of thiophene rings is 1. The molecule has 0 bridgehead atoms. The van der Waals surface area contributed by atoms with E-state index in [1.807, 2.05) is 35.7 Å². The number of amides is 1. The first-order valence-electron chi connectivity index (χ1n) is 11.3. The number of allylic oxidation sites excluding steroid dienone is 1. The Morgan fingerprint density at radius 2 is 1.89 bits per heavy atom. The first-order chi connectivity index (χ1) is 17.4. The van der Waals surface area contributed by atoms with Crippen molar-refractivity contribution in [3.63, 3.8) is 0 Å². The van der Waals surface area contributed by atoms with Crippen LogP contribution >= 0.6 is 23.1 Å². The van der Waals surface area contributed by atoms with Crippen molar-refractivity contribution < 1.29 is 14.3 Å². The molecule has 4 aromatic rings. The SMILES string of the molecule is C=CCn1c(SCC(=O)Nc2ccc(C(=O)OC(C)C)cc2)nc2scc(-c3ccccc3)c2c1=O. The molecule has 0 aliphatic rings. The van der Waals surface area contributed by atoms with E-state index in [0.29, 0.717) is 26.6 Å². The highest BCUT2D eigenvalue weighted by Gasteiger charge is 2.18. The zero-order valence-corrected chi connectivity index (χ0v) is 21.5. The standard InChI is InChI=1S/C27H25N3O4S2/c1-4-14-30-25(32)23-21(18-8-6-5-7-9-18)15-35-24(23)29-27(30)36-16-22(31)28-20-12-10-19(11-13-20)26(33)34-17(2)3/h4-13,15,17H,1,14,16H2,2-3H3,(H,28,31). The van der Waals surface area contributed by atoms with Crippen molar-refractivity contribution in [1.29, 1.82) is 0 Å². The van der Waals surface area contributed by atoms with Crippen molar-refractivity contribution in [3.05, 3.63) is 88.5 Å². The summed E-state index contributed by atoms with van der Waals surface area (Å²) in [7, 11) is 0. The van der Waals surface area contributed by atoms with Gasteiger partial charge in [0.1, 0.15) is 4.83 Å². The number of carbonyl (C=O) groups is 2. The zero-order chi connectivity index (χ0) is 25.7. The van der Waals surface area contributed by atoms with E-state index < -0.39 is 5.97 Å². The lowest BCUT2D eigenvalue weighted by molar-refractivity contribution is -0.113. The number of hydrogen-bond donors (Lipinski definition) is 1. The third-order valence-corrected chi connectivity index (χ3v) is 6.98. The third-order valence-electron chi connectivity index (χ3n) is 5.13. The Hall–Kier alpha value is -3.69. The van der Waals surface area contributed by atoms with Gasteiger partial charge in [-0.05, 0) is 43.7 Å². The van der Waals surface area contributed by atoms with Gasteiger partial charge in [-0.15, -0.1) is 17.9 Å². The average Bonchev–Trinajstić information content (AvgIpc) is 3.29. The molecule has 9 heteroatoms. The molecule has 36 heavy (non-hydrogen) atoms. The van der Waals surface area contributed by atoms with Crippen LogP contribution in [0.2, 0.25) is 0 Å². The van der Waals surface area contributed by atoms with Crippen LogP contribution in [0.15, 0.2) is 82.6 Å². The van der Waals surface area contributed by atoms with Gasteiger partial charge in [-0.1, -0.05) is 48.2 Å². The van der Waals surface area contributed by atoms with E-state index in [9.17, 15) is 14.4 Å². The zero-order valence-electron chi connectivity index (χ0n) is 19.9. The molecule has 2 aromatic carbocycles. The summed E-state index contributed by atoms with van der Waals surface area (Å²) in [5, 5.41) is 5.76. The second-order valence-corrected chi connectivity index (χ2v) is 9.96. The molecule has 1 amide bonds. The molecule has 0 radical (unpaired) electrons. The fourth-order valence-corrected chi connectivity index (χ4v) is 5.33. The van der Waals surface area contributed by atoms with E-state index in [1.165, 1.54) is 23.1 Å². The fraction of sp³-hybridized carbons (Fsp3) is 0.185. The Kier molecular flexibility index (Phi) is 8.02. The molecule has 0 unspecified atom stereocenters. The summed E-state index contributed by atoms with van der Waals surface area (Å²) in [5.41, 5.74) is 2.61. The summed E-state index contributed by atoms with van der Waals surface area (Å²) in [6.45, 7) is 7.62. The van der Waals surface area contributed by atoms with Crippen molar-refractivity contribution in [3.8, 4) is 11.1 Å². The van der Waals surface area contributed by atoms with Crippen LogP contribution < -0.4 is 10.9 Å². The number of ether oxygens (including phenoxy) is 1. The van der Waals surface area contributed by atoms with Gasteiger partial charge < -0.3 is 10.1 Å². The lowest BCUT2D eigenvalue weighted by atomic mass is 10.1. The number of thioether (sulfide) groups is 1. The maximum atomic E-state index is 13.4. The van der Waals surface area contributed by atoms with Gasteiger partial charge in [0.25, 0.3) is 5.56 Å².